The van der Waals surface area contributed by atoms with E-state index in [-0.39, 0.29) is 11.4 Å². The van der Waals surface area contributed by atoms with Gasteiger partial charge in [0.1, 0.15) is 17.4 Å². The molecule has 3 aromatic carbocycles. The van der Waals surface area contributed by atoms with Crippen molar-refractivity contribution in [2.24, 2.45) is 0 Å². The molecule has 0 fully saturated rings. The van der Waals surface area contributed by atoms with Crippen molar-refractivity contribution in [2.75, 3.05) is 25.6 Å². The number of ether oxygens (including phenoxy) is 3. The van der Waals surface area contributed by atoms with Gasteiger partial charge in [-0.2, -0.15) is 5.26 Å². The minimum atomic E-state index is -0.744. The summed E-state index contributed by atoms with van der Waals surface area (Å²) in [5.41, 5.74) is 2.23. The van der Waals surface area contributed by atoms with Gasteiger partial charge in [-0.15, -0.1) is 0 Å². The first kappa shape index (κ1) is 24.1. The molecule has 0 saturated heterocycles. The summed E-state index contributed by atoms with van der Waals surface area (Å²) < 4.78 is 21.5. The second-order valence-electron chi connectivity index (χ2n) is 7.50. The fourth-order valence-electron chi connectivity index (χ4n) is 3.52. The molecule has 0 atom stereocenters. The smallest absolute Gasteiger partial charge is 0.344 e. The van der Waals surface area contributed by atoms with E-state index >= 15 is 0 Å². The number of hydrogen-bond acceptors (Lipinski definition) is 7. The van der Waals surface area contributed by atoms with E-state index in [0.717, 1.165) is 11.1 Å². The number of carbonyl (C=O) groups is 2. The lowest BCUT2D eigenvalue weighted by atomic mass is 9.98. The third-order valence-electron chi connectivity index (χ3n) is 5.15. The summed E-state index contributed by atoms with van der Waals surface area (Å²) in [5.74, 6) is -0.153. The van der Waals surface area contributed by atoms with Crippen LogP contribution in [0.25, 0.3) is 22.5 Å². The highest BCUT2D eigenvalue weighted by atomic mass is 16.6. The molecule has 1 amide bonds. The number of benzene rings is 3. The number of nitrogens with zero attached hydrogens (tertiary/aromatic N) is 1. The normalized spacial score (nSPS) is 10.2. The van der Waals surface area contributed by atoms with E-state index in [1.54, 1.807) is 24.3 Å². The van der Waals surface area contributed by atoms with Crippen LogP contribution in [0.1, 0.15) is 5.56 Å². The highest BCUT2D eigenvalue weighted by Gasteiger charge is 2.24. The Hall–Kier alpha value is -5.03. The molecule has 1 aromatic heterocycles. The molecule has 0 unspecified atom stereocenters. The first-order valence-electron chi connectivity index (χ1n) is 11.0. The fourth-order valence-corrected chi connectivity index (χ4v) is 3.52. The maximum atomic E-state index is 12.5. The molecule has 0 saturated carbocycles. The van der Waals surface area contributed by atoms with Crippen LogP contribution in [0.5, 0.6) is 11.5 Å². The molecule has 4 aromatic rings. The number of nitrogens with one attached hydrogen (secondary N) is 1. The van der Waals surface area contributed by atoms with Crippen LogP contribution >= 0.6 is 0 Å². The van der Waals surface area contributed by atoms with Crippen molar-refractivity contribution in [3.8, 4) is 40.0 Å². The van der Waals surface area contributed by atoms with Gasteiger partial charge in [0.25, 0.3) is 5.91 Å². The molecular formula is C28H22N2O6. The molecule has 0 radical (unpaired) electrons. The highest BCUT2D eigenvalue weighted by molar-refractivity contribution is 5.96. The summed E-state index contributed by atoms with van der Waals surface area (Å²) in [4.78, 5) is 24.6. The number of anilines is 1. The van der Waals surface area contributed by atoms with E-state index < -0.39 is 25.1 Å². The third kappa shape index (κ3) is 5.54. The maximum absolute atomic E-state index is 12.5. The Morgan fingerprint density at radius 1 is 0.861 bits per heavy atom. The largest absolute Gasteiger partial charge is 0.493 e. The van der Waals surface area contributed by atoms with Gasteiger partial charge in [0, 0.05) is 11.1 Å². The number of carbonyl (C=O) groups excluding carboxylic acids is 2. The van der Waals surface area contributed by atoms with E-state index in [9.17, 15) is 14.9 Å². The van der Waals surface area contributed by atoms with Crippen molar-refractivity contribution < 1.29 is 28.2 Å². The molecule has 36 heavy (non-hydrogen) atoms. The molecule has 8 heteroatoms. The Balaban J connectivity index is 1.47. The van der Waals surface area contributed by atoms with Crippen LogP contribution in [-0.2, 0) is 14.3 Å². The monoisotopic (exact) mass is 482 g/mol. The maximum Gasteiger partial charge on any atom is 0.344 e. The standard InChI is InChI=1S/C28H22N2O6/c1-33-22-14-8-9-15-23(22)34-18-25(32)35-17-24(31)30-28-21(16-29)26(19-10-4-2-5-11-19)27(36-28)20-12-6-3-7-13-20/h2-15H,17-18H2,1H3,(H,30,31). The topological polar surface area (TPSA) is 111 Å². The zero-order chi connectivity index (χ0) is 25.3. The zero-order valence-electron chi connectivity index (χ0n) is 19.4. The molecule has 0 bridgehead atoms. The van der Waals surface area contributed by atoms with Crippen LogP contribution in [0.15, 0.2) is 89.3 Å². The molecule has 4 rings (SSSR count). The van der Waals surface area contributed by atoms with E-state index in [1.165, 1.54) is 7.11 Å². The predicted octanol–water partition coefficient (Wildman–Crippen LogP) is 5.05. The summed E-state index contributed by atoms with van der Waals surface area (Å²) in [6.45, 7) is -0.991. The molecule has 0 spiro atoms. The SMILES string of the molecule is COc1ccccc1OCC(=O)OCC(=O)Nc1oc(-c2ccccc2)c(-c2ccccc2)c1C#N. The van der Waals surface area contributed by atoms with E-state index in [0.29, 0.717) is 22.8 Å². The first-order valence-corrected chi connectivity index (χ1v) is 11.0. The van der Waals surface area contributed by atoms with E-state index in [4.69, 9.17) is 18.6 Å². The Morgan fingerprint density at radius 3 is 2.11 bits per heavy atom. The average Bonchev–Trinajstić information content (AvgIpc) is 3.29. The summed E-state index contributed by atoms with van der Waals surface area (Å²) in [7, 11) is 1.49. The fraction of sp³-hybridized carbons (Fsp3) is 0.107. The summed E-state index contributed by atoms with van der Waals surface area (Å²) >= 11 is 0. The Morgan fingerprint density at radius 2 is 1.47 bits per heavy atom. The van der Waals surface area contributed by atoms with Crippen LogP contribution in [0.4, 0.5) is 5.88 Å². The van der Waals surface area contributed by atoms with Gasteiger partial charge in [0.05, 0.1) is 7.11 Å². The van der Waals surface area contributed by atoms with Crippen molar-refractivity contribution in [2.45, 2.75) is 0 Å². The van der Waals surface area contributed by atoms with Crippen molar-refractivity contribution >= 4 is 17.8 Å². The van der Waals surface area contributed by atoms with E-state index in [1.807, 2.05) is 60.7 Å². The Bertz CT molecular complexity index is 1390. The molecule has 0 aliphatic heterocycles. The summed E-state index contributed by atoms with van der Waals surface area (Å²) in [6.07, 6.45) is 0. The molecule has 1 heterocycles. The number of esters is 1. The number of rotatable bonds is 9. The third-order valence-corrected chi connectivity index (χ3v) is 5.15. The van der Waals surface area contributed by atoms with Crippen LogP contribution in [0.2, 0.25) is 0 Å². The molecule has 0 aliphatic carbocycles. The van der Waals surface area contributed by atoms with E-state index in [2.05, 4.69) is 11.4 Å². The van der Waals surface area contributed by atoms with Crippen molar-refractivity contribution in [1.82, 2.24) is 0 Å². The van der Waals surface area contributed by atoms with Gasteiger partial charge in [-0.25, -0.2) is 4.79 Å². The molecule has 8 nitrogen and oxygen atoms in total. The minimum Gasteiger partial charge on any atom is -0.493 e. The number of hydrogen-bond donors (Lipinski definition) is 1. The van der Waals surface area contributed by atoms with Gasteiger partial charge in [0.15, 0.2) is 24.7 Å². The lowest BCUT2D eigenvalue weighted by Gasteiger charge is -2.10. The van der Waals surface area contributed by atoms with Crippen molar-refractivity contribution in [3.05, 3.63) is 90.5 Å². The van der Waals surface area contributed by atoms with Gasteiger partial charge >= 0.3 is 5.97 Å². The Kier molecular flexibility index (Phi) is 7.63. The molecule has 180 valence electrons. The summed E-state index contributed by atoms with van der Waals surface area (Å²) in [5, 5.41) is 12.4. The van der Waals surface area contributed by atoms with Gasteiger partial charge < -0.3 is 18.6 Å². The van der Waals surface area contributed by atoms with Gasteiger partial charge in [-0.1, -0.05) is 72.8 Å². The first-order chi connectivity index (χ1) is 17.6. The average molecular weight is 482 g/mol. The molecule has 1 N–H and O–H groups in total. The zero-order valence-corrected chi connectivity index (χ0v) is 19.4. The van der Waals surface area contributed by atoms with Gasteiger partial charge in [-0.05, 0) is 17.7 Å². The second kappa shape index (κ2) is 11.4. The van der Waals surface area contributed by atoms with Gasteiger partial charge in [-0.3, -0.25) is 10.1 Å². The van der Waals surface area contributed by atoms with Crippen LogP contribution in [0, 0.1) is 11.3 Å². The number of amides is 1. The number of methoxy groups -OCH3 is 1. The van der Waals surface area contributed by atoms with Crippen LogP contribution < -0.4 is 14.8 Å². The van der Waals surface area contributed by atoms with Crippen molar-refractivity contribution in [3.63, 3.8) is 0 Å². The second-order valence-corrected chi connectivity index (χ2v) is 7.50. The van der Waals surface area contributed by atoms with Crippen LogP contribution in [-0.4, -0.2) is 32.2 Å². The minimum absolute atomic E-state index is 0.0264. The summed E-state index contributed by atoms with van der Waals surface area (Å²) in [6, 6.07) is 27.5. The van der Waals surface area contributed by atoms with Gasteiger partial charge in [0.2, 0.25) is 5.88 Å². The highest BCUT2D eigenvalue weighted by Crippen LogP contribution is 2.41. The molecule has 0 aliphatic rings. The lowest BCUT2D eigenvalue weighted by molar-refractivity contribution is -0.149. The van der Waals surface area contributed by atoms with Crippen LogP contribution in [0.3, 0.4) is 0 Å². The number of para-hydroxylation sites is 2. The number of nitriles is 1. The molecular weight excluding hydrogens is 460 g/mol. The number of furan rings is 1. The predicted molar refractivity (Wildman–Crippen MR) is 132 cm³/mol. The Labute approximate surface area is 207 Å². The lowest BCUT2D eigenvalue weighted by Crippen LogP contribution is -2.23. The van der Waals surface area contributed by atoms with Crippen molar-refractivity contribution in [1.29, 1.82) is 5.26 Å². The quantitative estimate of drug-likeness (QED) is 0.332.